The highest BCUT2D eigenvalue weighted by molar-refractivity contribution is 5.95. The van der Waals surface area contributed by atoms with Gasteiger partial charge in [0.2, 0.25) is 11.8 Å². The predicted octanol–water partition coefficient (Wildman–Crippen LogP) is 2.40. The lowest BCUT2D eigenvalue weighted by atomic mass is 9.88. The highest BCUT2D eigenvalue weighted by Gasteiger charge is 2.42. The molecule has 2 amide bonds. The first-order valence-corrected chi connectivity index (χ1v) is 9.99. The third kappa shape index (κ3) is 3.80. The van der Waals surface area contributed by atoms with Crippen molar-refractivity contribution < 1.29 is 14.7 Å². The Morgan fingerprint density at radius 2 is 1.57 bits per heavy atom. The Morgan fingerprint density at radius 1 is 0.964 bits per heavy atom. The van der Waals surface area contributed by atoms with Crippen LogP contribution in [0.25, 0.3) is 0 Å². The van der Waals surface area contributed by atoms with Gasteiger partial charge in [-0.2, -0.15) is 0 Å². The molecule has 146 valence electrons. The van der Waals surface area contributed by atoms with Crippen molar-refractivity contribution in [3.8, 4) is 0 Å². The van der Waals surface area contributed by atoms with Gasteiger partial charge in [-0.05, 0) is 24.0 Å². The van der Waals surface area contributed by atoms with E-state index in [0.29, 0.717) is 25.9 Å². The van der Waals surface area contributed by atoms with Crippen LogP contribution in [0.2, 0.25) is 0 Å². The van der Waals surface area contributed by atoms with Crippen molar-refractivity contribution in [3.05, 3.63) is 71.8 Å². The van der Waals surface area contributed by atoms with Gasteiger partial charge in [0, 0.05) is 25.4 Å². The van der Waals surface area contributed by atoms with Gasteiger partial charge in [0.05, 0.1) is 12.6 Å². The van der Waals surface area contributed by atoms with Crippen LogP contribution >= 0.6 is 0 Å². The molecule has 1 N–H and O–H groups in total. The summed E-state index contributed by atoms with van der Waals surface area (Å²) in [5, 5.41) is 9.95. The largest absolute Gasteiger partial charge is 0.393 e. The number of piperazine rings is 1. The van der Waals surface area contributed by atoms with Crippen molar-refractivity contribution >= 4 is 11.8 Å². The first-order valence-electron chi connectivity index (χ1n) is 9.99. The Balaban J connectivity index is 1.51. The third-order valence-corrected chi connectivity index (χ3v) is 5.91. The molecule has 2 aliphatic heterocycles. The Morgan fingerprint density at radius 3 is 2.18 bits per heavy atom. The SMILES string of the molecule is O=C1[C@@H]2C[C@H](O)CCN2C(=O)CN1CCC(c1ccccc1)c1ccccc1. The molecule has 2 heterocycles. The first kappa shape index (κ1) is 18.7. The molecular weight excluding hydrogens is 352 g/mol. The molecule has 0 aliphatic carbocycles. The number of nitrogens with zero attached hydrogens (tertiary/aromatic N) is 2. The highest BCUT2D eigenvalue weighted by atomic mass is 16.3. The van der Waals surface area contributed by atoms with E-state index in [0.717, 1.165) is 6.42 Å². The number of hydrogen-bond acceptors (Lipinski definition) is 3. The molecule has 28 heavy (non-hydrogen) atoms. The van der Waals surface area contributed by atoms with Crippen LogP contribution in [0.3, 0.4) is 0 Å². The van der Waals surface area contributed by atoms with Gasteiger partial charge in [-0.25, -0.2) is 0 Å². The van der Waals surface area contributed by atoms with E-state index in [1.807, 2.05) is 36.4 Å². The lowest BCUT2D eigenvalue weighted by Crippen LogP contribution is -2.62. The summed E-state index contributed by atoms with van der Waals surface area (Å²) in [5.74, 6) is 0.131. The molecule has 2 aromatic carbocycles. The number of fused-ring (bicyclic) bond motifs is 1. The van der Waals surface area contributed by atoms with E-state index in [1.165, 1.54) is 11.1 Å². The van der Waals surface area contributed by atoms with Gasteiger partial charge in [0.25, 0.3) is 0 Å². The molecule has 5 nitrogen and oxygen atoms in total. The first-order chi connectivity index (χ1) is 13.6. The molecule has 2 saturated heterocycles. The van der Waals surface area contributed by atoms with Gasteiger partial charge in [0.1, 0.15) is 6.04 Å². The summed E-state index contributed by atoms with van der Waals surface area (Å²) in [4.78, 5) is 28.8. The van der Waals surface area contributed by atoms with Crippen LogP contribution in [-0.4, -0.2) is 58.5 Å². The molecule has 2 atom stereocenters. The van der Waals surface area contributed by atoms with E-state index < -0.39 is 12.1 Å². The number of benzene rings is 2. The quantitative estimate of drug-likeness (QED) is 0.869. The minimum atomic E-state index is -0.503. The van der Waals surface area contributed by atoms with Crippen LogP contribution < -0.4 is 0 Å². The van der Waals surface area contributed by atoms with E-state index in [-0.39, 0.29) is 24.3 Å². The normalized spacial score (nSPS) is 22.5. The van der Waals surface area contributed by atoms with Gasteiger partial charge >= 0.3 is 0 Å². The molecule has 0 radical (unpaired) electrons. The van der Waals surface area contributed by atoms with Crippen molar-refractivity contribution in [1.82, 2.24) is 9.80 Å². The summed E-state index contributed by atoms with van der Waals surface area (Å²) in [5.41, 5.74) is 2.42. The van der Waals surface area contributed by atoms with Crippen molar-refractivity contribution in [3.63, 3.8) is 0 Å². The smallest absolute Gasteiger partial charge is 0.245 e. The molecule has 5 heteroatoms. The van der Waals surface area contributed by atoms with Crippen LogP contribution in [-0.2, 0) is 9.59 Å². The molecule has 0 unspecified atom stereocenters. The summed E-state index contributed by atoms with van der Waals surface area (Å²) < 4.78 is 0. The maximum Gasteiger partial charge on any atom is 0.245 e. The number of hydrogen-bond donors (Lipinski definition) is 1. The fourth-order valence-electron chi connectivity index (χ4n) is 4.39. The van der Waals surface area contributed by atoms with Crippen molar-refractivity contribution in [2.75, 3.05) is 19.6 Å². The number of carbonyl (C=O) groups is 2. The average Bonchev–Trinajstić information content (AvgIpc) is 2.73. The molecule has 0 saturated carbocycles. The summed E-state index contributed by atoms with van der Waals surface area (Å²) in [6, 6.07) is 20.1. The lowest BCUT2D eigenvalue weighted by molar-refractivity contribution is -0.160. The highest BCUT2D eigenvalue weighted by Crippen LogP contribution is 2.29. The van der Waals surface area contributed by atoms with Crippen LogP contribution in [0.4, 0.5) is 0 Å². The molecule has 2 aromatic rings. The lowest BCUT2D eigenvalue weighted by Gasteiger charge is -2.44. The minimum Gasteiger partial charge on any atom is -0.393 e. The monoisotopic (exact) mass is 378 g/mol. The van der Waals surface area contributed by atoms with Crippen molar-refractivity contribution in [2.45, 2.75) is 37.3 Å². The Hall–Kier alpha value is -2.66. The second kappa shape index (κ2) is 8.15. The van der Waals surface area contributed by atoms with E-state index in [9.17, 15) is 14.7 Å². The van der Waals surface area contributed by atoms with Gasteiger partial charge in [-0.3, -0.25) is 9.59 Å². The van der Waals surface area contributed by atoms with Crippen LogP contribution in [0, 0.1) is 0 Å². The minimum absolute atomic E-state index is 0.00697. The third-order valence-electron chi connectivity index (χ3n) is 5.91. The zero-order valence-electron chi connectivity index (χ0n) is 15.9. The van der Waals surface area contributed by atoms with E-state index in [2.05, 4.69) is 24.3 Å². The van der Waals surface area contributed by atoms with Gasteiger partial charge in [-0.1, -0.05) is 60.7 Å². The number of aliphatic hydroxyl groups is 1. The Kier molecular flexibility index (Phi) is 5.44. The summed E-state index contributed by atoms with van der Waals surface area (Å²) in [6.07, 6.45) is 1.16. The molecular formula is C23H26N2O3. The molecule has 4 rings (SSSR count). The molecule has 2 aliphatic rings. The average molecular weight is 378 g/mol. The fraction of sp³-hybridized carbons (Fsp3) is 0.391. The molecule has 2 fully saturated rings. The van der Waals surface area contributed by atoms with Crippen LogP contribution in [0.5, 0.6) is 0 Å². The summed E-state index contributed by atoms with van der Waals surface area (Å²) >= 11 is 0. The standard InChI is InChI=1S/C23H26N2O3/c26-19-11-14-25-21(15-19)23(28)24(16-22(25)27)13-12-20(17-7-3-1-4-8-17)18-9-5-2-6-10-18/h1-10,19-21,26H,11-16H2/t19-,21+/m1/s1. The van der Waals surface area contributed by atoms with Crippen LogP contribution in [0.15, 0.2) is 60.7 Å². The number of piperidine rings is 1. The molecule has 0 aromatic heterocycles. The number of amides is 2. The zero-order chi connectivity index (χ0) is 19.5. The maximum atomic E-state index is 13.0. The zero-order valence-corrected chi connectivity index (χ0v) is 15.9. The Labute approximate surface area is 165 Å². The molecule has 0 spiro atoms. The predicted molar refractivity (Wildman–Crippen MR) is 107 cm³/mol. The van der Waals surface area contributed by atoms with E-state index in [1.54, 1.807) is 9.80 Å². The second-order valence-electron chi connectivity index (χ2n) is 7.70. The van der Waals surface area contributed by atoms with Gasteiger partial charge in [-0.15, -0.1) is 0 Å². The number of carbonyl (C=O) groups excluding carboxylic acids is 2. The van der Waals surface area contributed by atoms with Crippen molar-refractivity contribution in [2.24, 2.45) is 0 Å². The summed E-state index contributed by atoms with van der Waals surface area (Å²) in [7, 11) is 0. The second-order valence-corrected chi connectivity index (χ2v) is 7.70. The Bertz CT molecular complexity index is 785. The summed E-state index contributed by atoms with van der Waals surface area (Å²) in [6.45, 7) is 1.14. The number of rotatable bonds is 5. The fourth-order valence-corrected chi connectivity index (χ4v) is 4.39. The van der Waals surface area contributed by atoms with Gasteiger partial charge < -0.3 is 14.9 Å². The topological polar surface area (TPSA) is 60.9 Å². The van der Waals surface area contributed by atoms with Crippen molar-refractivity contribution in [1.29, 1.82) is 0 Å². The number of aliphatic hydroxyl groups excluding tert-OH is 1. The molecule has 0 bridgehead atoms. The van der Waals surface area contributed by atoms with E-state index in [4.69, 9.17) is 0 Å². The van der Waals surface area contributed by atoms with Gasteiger partial charge in [0.15, 0.2) is 0 Å². The van der Waals surface area contributed by atoms with Crippen LogP contribution in [0.1, 0.15) is 36.3 Å². The maximum absolute atomic E-state index is 13.0. The van der Waals surface area contributed by atoms with E-state index >= 15 is 0 Å².